The summed E-state index contributed by atoms with van der Waals surface area (Å²) in [5.41, 5.74) is 0.803. The van der Waals surface area contributed by atoms with Crippen molar-refractivity contribution in [3.05, 3.63) is 40.9 Å². The molecule has 0 bridgehead atoms. The van der Waals surface area contributed by atoms with Gasteiger partial charge in [-0.2, -0.15) is 0 Å². The lowest BCUT2D eigenvalue weighted by Gasteiger charge is -2.14. The van der Waals surface area contributed by atoms with Gasteiger partial charge in [-0.05, 0) is 12.5 Å². The average Bonchev–Trinajstić information content (AvgIpc) is 2.90. The number of aromatic nitrogens is 2. The third kappa shape index (κ3) is 4.27. The zero-order chi connectivity index (χ0) is 15.2. The fourth-order valence-electron chi connectivity index (χ4n) is 1.57. The van der Waals surface area contributed by atoms with Crippen LogP contribution in [-0.4, -0.2) is 29.2 Å². The lowest BCUT2D eigenvalue weighted by atomic mass is 10.1. The number of nitrogens with one attached hydrogen (secondary N) is 2. The van der Waals surface area contributed by atoms with Gasteiger partial charge >= 0.3 is 6.03 Å². The Morgan fingerprint density at radius 2 is 1.95 bits per heavy atom. The number of amides is 3. The van der Waals surface area contributed by atoms with Crippen molar-refractivity contribution >= 4 is 35.0 Å². The van der Waals surface area contributed by atoms with Crippen molar-refractivity contribution in [2.45, 2.75) is 16.5 Å². The molecule has 1 heterocycles. The normalized spacial score (nSPS) is 11.7. The van der Waals surface area contributed by atoms with Crippen molar-refractivity contribution in [2.75, 3.05) is 7.05 Å². The van der Waals surface area contributed by atoms with Crippen molar-refractivity contribution in [3.63, 3.8) is 0 Å². The summed E-state index contributed by atoms with van der Waals surface area (Å²) in [6.45, 7) is 1.85. The van der Waals surface area contributed by atoms with Gasteiger partial charge in [-0.1, -0.05) is 53.4 Å². The zero-order valence-corrected chi connectivity index (χ0v) is 13.1. The van der Waals surface area contributed by atoms with E-state index in [1.807, 2.05) is 37.3 Å². The number of hydrogen-bond acceptors (Lipinski definition) is 6. The molecule has 0 aliphatic rings. The third-order valence-corrected chi connectivity index (χ3v) is 4.71. The summed E-state index contributed by atoms with van der Waals surface area (Å²) in [6.07, 6.45) is 0. The second-order valence-electron chi connectivity index (χ2n) is 4.06. The average molecular weight is 322 g/mol. The number of carbonyl (C=O) groups is 2. The smallest absolute Gasteiger partial charge is 0.321 e. The van der Waals surface area contributed by atoms with E-state index in [0.717, 1.165) is 10.6 Å². The first-order chi connectivity index (χ1) is 10.1. The molecule has 2 aromatic rings. The van der Waals surface area contributed by atoms with Crippen LogP contribution in [0.15, 0.2) is 34.7 Å². The maximum atomic E-state index is 12.3. The SMILES string of the molecule is CNC(=O)NC(=O)[C@H](Sc1nnc(C)s1)c1ccccc1. The summed E-state index contributed by atoms with van der Waals surface area (Å²) >= 11 is 2.69. The number of nitrogens with zero attached hydrogens (tertiary/aromatic N) is 2. The molecule has 0 spiro atoms. The molecule has 0 aliphatic heterocycles. The molecule has 0 unspecified atom stereocenters. The van der Waals surface area contributed by atoms with Crippen LogP contribution >= 0.6 is 23.1 Å². The molecule has 0 fully saturated rings. The standard InChI is InChI=1S/C13H14N4O2S2/c1-8-16-17-13(20-8)21-10(9-6-4-3-5-7-9)11(18)15-12(19)14-2/h3-7,10H,1-2H3,(H2,14,15,18,19)/t10-/m1/s1. The molecule has 21 heavy (non-hydrogen) atoms. The van der Waals surface area contributed by atoms with Crippen molar-refractivity contribution < 1.29 is 9.59 Å². The summed E-state index contributed by atoms with van der Waals surface area (Å²) in [6, 6.07) is 8.72. The topological polar surface area (TPSA) is 84.0 Å². The van der Waals surface area contributed by atoms with Crippen molar-refractivity contribution in [2.24, 2.45) is 0 Å². The quantitative estimate of drug-likeness (QED) is 0.843. The van der Waals surface area contributed by atoms with Gasteiger partial charge in [-0.3, -0.25) is 10.1 Å². The zero-order valence-electron chi connectivity index (χ0n) is 11.5. The van der Waals surface area contributed by atoms with Crippen LogP contribution in [0.2, 0.25) is 0 Å². The Hall–Kier alpha value is -1.93. The molecule has 1 aromatic heterocycles. The van der Waals surface area contributed by atoms with E-state index in [9.17, 15) is 9.59 Å². The summed E-state index contributed by atoms with van der Waals surface area (Å²) in [5.74, 6) is -0.390. The highest BCUT2D eigenvalue weighted by atomic mass is 32.2. The molecule has 6 nitrogen and oxygen atoms in total. The minimum absolute atomic E-state index is 0.390. The predicted octanol–water partition coefficient (Wildman–Crippen LogP) is 2.14. The molecule has 1 atom stereocenters. The van der Waals surface area contributed by atoms with Crippen LogP contribution in [0.1, 0.15) is 15.8 Å². The monoisotopic (exact) mass is 322 g/mol. The van der Waals surface area contributed by atoms with Gasteiger partial charge in [0, 0.05) is 7.05 Å². The van der Waals surface area contributed by atoms with Gasteiger partial charge in [-0.15, -0.1) is 10.2 Å². The fraction of sp³-hybridized carbons (Fsp3) is 0.231. The van der Waals surface area contributed by atoms with Gasteiger partial charge in [0.1, 0.15) is 10.3 Å². The lowest BCUT2D eigenvalue weighted by molar-refractivity contribution is -0.119. The van der Waals surface area contributed by atoms with Gasteiger partial charge in [0.15, 0.2) is 4.34 Å². The summed E-state index contributed by atoms with van der Waals surface area (Å²) in [7, 11) is 1.46. The molecule has 2 rings (SSSR count). The molecule has 0 saturated carbocycles. The van der Waals surface area contributed by atoms with Crippen LogP contribution < -0.4 is 10.6 Å². The van der Waals surface area contributed by atoms with Crippen molar-refractivity contribution in [1.82, 2.24) is 20.8 Å². The first-order valence-corrected chi connectivity index (χ1v) is 7.84. The van der Waals surface area contributed by atoms with E-state index >= 15 is 0 Å². The number of benzene rings is 1. The molecule has 0 radical (unpaired) electrons. The Labute approximate surface area is 130 Å². The molecule has 2 N–H and O–H groups in total. The van der Waals surface area contributed by atoms with E-state index in [1.54, 1.807) is 0 Å². The molecule has 8 heteroatoms. The first-order valence-electron chi connectivity index (χ1n) is 6.14. The summed E-state index contributed by atoms with van der Waals surface area (Å²) in [5, 5.41) is 12.9. The van der Waals surface area contributed by atoms with Gasteiger partial charge < -0.3 is 5.32 Å². The van der Waals surface area contributed by atoms with Crippen LogP contribution in [-0.2, 0) is 4.79 Å². The Morgan fingerprint density at radius 3 is 2.52 bits per heavy atom. The van der Waals surface area contributed by atoms with Gasteiger partial charge in [0.05, 0.1) is 0 Å². The maximum absolute atomic E-state index is 12.3. The van der Waals surface area contributed by atoms with Gasteiger partial charge in [0.2, 0.25) is 5.91 Å². The number of imide groups is 1. The highest BCUT2D eigenvalue weighted by Crippen LogP contribution is 2.36. The second kappa shape index (κ2) is 7.19. The van der Waals surface area contributed by atoms with Gasteiger partial charge in [-0.25, -0.2) is 4.79 Å². The van der Waals surface area contributed by atoms with Crippen LogP contribution in [0, 0.1) is 6.92 Å². The largest absolute Gasteiger partial charge is 0.341 e. The molecular formula is C13H14N4O2S2. The van der Waals surface area contributed by atoms with Crippen LogP contribution in [0.25, 0.3) is 0 Å². The first kappa shape index (κ1) is 15.5. The summed E-state index contributed by atoms with van der Waals surface area (Å²) < 4.78 is 0.688. The molecule has 1 aromatic carbocycles. The molecule has 0 aliphatic carbocycles. The third-order valence-electron chi connectivity index (χ3n) is 2.53. The maximum Gasteiger partial charge on any atom is 0.321 e. The number of thioether (sulfide) groups is 1. The number of carbonyl (C=O) groups excluding carboxylic acids is 2. The minimum Gasteiger partial charge on any atom is -0.341 e. The predicted molar refractivity (Wildman–Crippen MR) is 82.3 cm³/mol. The minimum atomic E-state index is -0.559. The lowest BCUT2D eigenvalue weighted by Crippen LogP contribution is -2.39. The van der Waals surface area contributed by atoms with Crippen LogP contribution in [0.3, 0.4) is 0 Å². The van der Waals surface area contributed by atoms with E-state index in [4.69, 9.17) is 0 Å². The van der Waals surface area contributed by atoms with E-state index in [1.165, 1.54) is 30.1 Å². The molecule has 0 saturated heterocycles. The van der Waals surface area contributed by atoms with E-state index in [2.05, 4.69) is 20.8 Å². The number of hydrogen-bond donors (Lipinski definition) is 2. The van der Waals surface area contributed by atoms with Gasteiger partial charge in [0.25, 0.3) is 0 Å². The number of rotatable bonds is 4. The van der Waals surface area contributed by atoms with Crippen LogP contribution in [0.5, 0.6) is 0 Å². The number of urea groups is 1. The van der Waals surface area contributed by atoms with Crippen molar-refractivity contribution in [3.8, 4) is 0 Å². The Balaban J connectivity index is 2.22. The second-order valence-corrected chi connectivity index (χ2v) is 6.60. The Bertz CT molecular complexity index is 630. The fourth-order valence-corrected chi connectivity index (χ4v) is 3.58. The van der Waals surface area contributed by atoms with Crippen LogP contribution in [0.4, 0.5) is 4.79 Å². The highest BCUT2D eigenvalue weighted by molar-refractivity contribution is 8.01. The molecule has 110 valence electrons. The summed E-state index contributed by atoms with van der Waals surface area (Å²) in [4.78, 5) is 23.6. The Morgan fingerprint density at radius 1 is 1.24 bits per heavy atom. The van der Waals surface area contributed by atoms with E-state index in [0.29, 0.717) is 4.34 Å². The number of aryl methyl sites for hydroxylation is 1. The highest BCUT2D eigenvalue weighted by Gasteiger charge is 2.24. The molecular weight excluding hydrogens is 308 g/mol. The van der Waals surface area contributed by atoms with Crippen molar-refractivity contribution in [1.29, 1.82) is 0 Å². The van der Waals surface area contributed by atoms with E-state index < -0.39 is 17.2 Å². The Kier molecular flexibility index (Phi) is 5.29. The van der Waals surface area contributed by atoms with E-state index in [-0.39, 0.29) is 0 Å². The molecule has 3 amide bonds.